The molecule has 1 aliphatic heterocycles. The Hall–Kier alpha value is -1.10. The maximum Gasteiger partial charge on any atom is 0.246 e. The normalized spacial score (nSPS) is 23.6. The standard InChI is InChI=1S/C12H22N2O3/c1-8(7-17-5)14-6-9(15)13-10(11(14)16)12(2,3)4/h8,10H,6-7H2,1-5H3,(H,13,15). The van der Waals surface area contributed by atoms with Crippen LogP contribution in [0, 0.1) is 5.41 Å². The summed E-state index contributed by atoms with van der Waals surface area (Å²) in [4.78, 5) is 25.5. The van der Waals surface area contributed by atoms with Crippen molar-refractivity contribution in [1.82, 2.24) is 10.2 Å². The topological polar surface area (TPSA) is 58.6 Å². The highest BCUT2D eigenvalue weighted by molar-refractivity contribution is 5.95. The van der Waals surface area contributed by atoms with E-state index in [2.05, 4.69) is 5.32 Å². The summed E-state index contributed by atoms with van der Waals surface area (Å²) in [5.74, 6) is -0.130. The number of methoxy groups -OCH3 is 1. The Labute approximate surface area is 102 Å². The Morgan fingerprint density at radius 3 is 2.53 bits per heavy atom. The third kappa shape index (κ3) is 3.19. The molecule has 2 atom stereocenters. The number of amides is 2. The lowest BCUT2D eigenvalue weighted by Crippen LogP contribution is -2.64. The number of carbonyl (C=O) groups excluding carboxylic acids is 2. The minimum Gasteiger partial charge on any atom is -0.383 e. The van der Waals surface area contributed by atoms with Crippen molar-refractivity contribution < 1.29 is 14.3 Å². The monoisotopic (exact) mass is 242 g/mol. The molecule has 2 amide bonds. The largest absolute Gasteiger partial charge is 0.383 e. The number of carbonyl (C=O) groups is 2. The first-order valence-electron chi connectivity index (χ1n) is 5.86. The Bertz CT molecular complexity index is 309. The van der Waals surface area contributed by atoms with E-state index in [-0.39, 0.29) is 29.8 Å². The molecule has 17 heavy (non-hydrogen) atoms. The molecule has 98 valence electrons. The van der Waals surface area contributed by atoms with Gasteiger partial charge in [0.15, 0.2) is 0 Å². The highest BCUT2D eigenvalue weighted by Gasteiger charge is 2.41. The molecule has 1 fully saturated rings. The molecule has 0 spiro atoms. The molecule has 1 N–H and O–H groups in total. The van der Waals surface area contributed by atoms with Crippen LogP contribution in [0.15, 0.2) is 0 Å². The second-order valence-corrected chi connectivity index (χ2v) is 5.64. The smallest absolute Gasteiger partial charge is 0.246 e. The fourth-order valence-electron chi connectivity index (χ4n) is 1.96. The minimum absolute atomic E-state index is 0.0262. The van der Waals surface area contributed by atoms with Crippen molar-refractivity contribution in [3.63, 3.8) is 0 Å². The Morgan fingerprint density at radius 1 is 1.47 bits per heavy atom. The van der Waals surface area contributed by atoms with E-state index in [4.69, 9.17) is 4.74 Å². The van der Waals surface area contributed by atoms with E-state index in [1.54, 1.807) is 12.0 Å². The van der Waals surface area contributed by atoms with Crippen LogP contribution in [0.25, 0.3) is 0 Å². The van der Waals surface area contributed by atoms with Crippen LogP contribution in [0.2, 0.25) is 0 Å². The van der Waals surface area contributed by atoms with E-state index < -0.39 is 6.04 Å². The summed E-state index contributed by atoms with van der Waals surface area (Å²) in [5, 5.41) is 2.76. The van der Waals surface area contributed by atoms with E-state index in [1.807, 2.05) is 27.7 Å². The summed E-state index contributed by atoms with van der Waals surface area (Å²) in [6.45, 7) is 8.28. The van der Waals surface area contributed by atoms with E-state index in [0.717, 1.165) is 0 Å². The average molecular weight is 242 g/mol. The molecule has 0 aromatic heterocycles. The van der Waals surface area contributed by atoms with Crippen LogP contribution in [-0.4, -0.2) is 49.1 Å². The lowest BCUT2D eigenvalue weighted by molar-refractivity contribution is -0.150. The molecule has 2 unspecified atom stereocenters. The molecule has 1 aliphatic rings. The van der Waals surface area contributed by atoms with Crippen molar-refractivity contribution in [3.05, 3.63) is 0 Å². The van der Waals surface area contributed by atoms with Gasteiger partial charge in [0.2, 0.25) is 11.8 Å². The number of ether oxygens (including phenoxy) is 1. The van der Waals surface area contributed by atoms with Gasteiger partial charge in [0.1, 0.15) is 6.04 Å². The van der Waals surface area contributed by atoms with Crippen molar-refractivity contribution in [2.24, 2.45) is 5.41 Å². The van der Waals surface area contributed by atoms with Gasteiger partial charge < -0.3 is 15.0 Å². The van der Waals surface area contributed by atoms with E-state index >= 15 is 0 Å². The second kappa shape index (κ2) is 5.04. The van der Waals surface area contributed by atoms with Crippen molar-refractivity contribution in [1.29, 1.82) is 0 Å². The van der Waals surface area contributed by atoms with Gasteiger partial charge in [0, 0.05) is 7.11 Å². The molecular weight excluding hydrogens is 220 g/mol. The summed E-state index contributed by atoms with van der Waals surface area (Å²) < 4.78 is 5.04. The van der Waals surface area contributed by atoms with E-state index in [9.17, 15) is 9.59 Å². The summed E-state index contributed by atoms with van der Waals surface area (Å²) >= 11 is 0. The number of piperazine rings is 1. The zero-order chi connectivity index (χ0) is 13.2. The van der Waals surface area contributed by atoms with Crippen molar-refractivity contribution >= 4 is 11.8 Å². The number of nitrogens with zero attached hydrogens (tertiary/aromatic N) is 1. The Kier molecular flexibility index (Phi) is 4.14. The van der Waals surface area contributed by atoms with Crippen molar-refractivity contribution in [3.8, 4) is 0 Å². The third-order valence-electron chi connectivity index (χ3n) is 2.96. The maximum absolute atomic E-state index is 12.3. The lowest BCUT2D eigenvalue weighted by Gasteiger charge is -2.41. The number of hydrogen-bond donors (Lipinski definition) is 1. The quantitative estimate of drug-likeness (QED) is 0.779. The molecule has 5 heteroatoms. The molecule has 5 nitrogen and oxygen atoms in total. The first-order valence-corrected chi connectivity index (χ1v) is 5.86. The number of rotatable bonds is 3. The molecular formula is C12H22N2O3. The van der Waals surface area contributed by atoms with Crippen LogP contribution in [0.4, 0.5) is 0 Å². The molecule has 1 rings (SSSR count). The predicted molar refractivity (Wildman–Crippen MR) is 64.4 cm³/mol. The summed E-state index contributed by atoms with van der Waals surface area (Å²) in [6.07, 6.45) is 0. The lowest BCUT2D eigenvalue weighted by atomic mass is 9.84. The summed E-state index contributed by atoms with van der Waals surface area (Å²) in [7, 11) is 1.59. The highest BCUT2D eigenvalue weighted by atomic mass is 16.5. The molecule has 0 radical (unpaired) electrons. The fraction of sp³-hybridized carbons (Fsp3) is 0.833. The van der Waals surface area contributed by atoms with E-state index in [1.165, 1.54) is 0 Å². The van der Waals surface area contributed by atoms with Crippen molar-refractivity contribution in [2.45, 2.75) is 39.8 Å². The maximum atomic E-state index is 12.3. The Balaban J connectivity index is 2.86. The van der Waals surface area contributed by atoms with Gasteiger partial charge in [-0.05, 0) is 12.3 Å². The Morgan fingerprint density at radius 2 is 2.06 bits per heavy atom. The van der Waals surface area contributed by atoms with Gasteiger partial charge in [-0.3, -0.25) is 9.59 Å². The molecule has 0 aromatic carbocycles. The summed E-state index contributed by atoms with van der Waals surface area (Å²) in [6, 6.07) is -0.536. The molecule has 0 bridgehead atoms. The second-order valence-electron chi connectivity index (χ2n) is 5.64. The highest BCUT2D eigenvalue weighted by Crippen LogP contribution is 2.24. The summed E-state index contributed by atoms with van der Waals surface area (Å²) in [5.41, 5.74) is -0.280. The molecule has 1 heterocycles. The van der Waals surface area contributed by atoms with Gasteiger partial charge in [-0.15, -0.1) is 0 Å². The van der Waals surface area contributed by atoms with Crippen molar-refractivity contribution in [2.75, 3.05) is 20.3 Å². The average Bonchev–Trinajstić information content (AvgIpc) is 2.19. The van der Waals surface area contributed by atoms with Gasteiger partial charge in [-0.25, -0.2) is 0 Å². The molecule has 0 aromatic rings. The number of nitrogens with one attached hydrogen (secondary N) is 1. The van der Waals surface area contributed by atoms with Crippen LogP contribution >= 0.6 is 0 Å². The zero-order valence-corrected chi connectivity index (χ0v) is 11.2. The molecule has 1 saturated heterocycles. The van der Waals surface area contributed by atoms with Gasteiger partial charge in [-0.2, -0.15) is 0 Å². The molecule has 0 aliphatic carbocycles. The van der Waals surface area contributed by atoms with Gasteiger partial charge >= 0.3 is 0 Å². The minimum atomic E-state index is -0.456. The van der Waals surface area contributed by atoms with Crippen LogP contribution < -0.4 is 5.32 Å². The van der Waals surface area contributed by atoms with E-state index in [0.29, 0.717) is 6.61 Å². The van der Waals surface area contributed by atoms with Gasteiger partial charge in [0.05, 0.1) is 19.2 Å². The van der Waals surface area contributed by atoms with Gasteiger partial charge in [-0.1, -0.05) is 20.8 Å². The van der Waals surface area contributed by atoms with Crippen LogP contribution in [-0.2, 0) is 14.3 Å². The van der Waals surface area contributed by atoms with Crippen LogP contribution in [0.3, 0.4) is 0 Å². The van der Waals surface area contributed by atoms with Gasteiger partial charge in [0.25, 0.3) is 0 Å². The number of hydrogen-bond acceptors (Lipinski definition) is 3. The first kappa shape index (κ1) is 14.0. The third-order valence-corrected chi connectivity index (χ3v) is 2.96. The SMILES string of the molecule is COCC(C)N1CC(=O)NC(C(C)(C)C)C1=O. The van der Waals surface area contributed by atoms with Crippen LogP contribution in [0.5, 0.6) is 0 Å². The first-order chi connectivity index (χ1) is 7.77. The molecule has 0 saturated carbocycles. The predicted octanol–water partition coefficient (Wildman–Crippen LogP) is 0.394. The zero-order valence-electron chi connectivity index (χ0n) is 11.2. The fourth-order valence-corrected chi connectivity index (χ4v) is 1.96. The van der Waals surface area contributed by atoms with Crippen LogP contribution in [0.1, 0.15) is 27.7 Å².